The number of nitrogens with zero attached hydrogens (tertiary/aromatic N) is 1. The van der Waals surface area contributed by atoms with Crippen LogP contribution in [-0.4, -0.2) is 17.8 Å². The number of hydrogen-bond donors (Lipinski definition) is 1. The van der Waals surface area contributed by atoms with Gasteiger partial charge >= 0.3 is 0 Å². The Morgan fingerprint density at radius 1 is 1.27 bits per heavy atom. The van der Waals surface area contributed by atoms with Crippen molar-refractivity contribution in [2.24, 2.45) is 0 Å². The van der Waals surface area contributed by atoms with Gasteiger partial charge in [0.25, 0.3) is 5.69 Å². The average molecular weight is 317 g/mol. The molecule has 0 aliphatic heterocycles. The molecule has 1 N–H and O–H groups in total. The molecule has 2 rings (SSSR count). The Bertz CT molecular complexity index is 757. The van der Waals surface area contributed by atoms with Crippen molar-refractivity contribution in [1.29, 1.82) is 0 Å². The highest BCUT2D eigenvalue weighted by Gasteiger charge is 2.12. The Morgan fingerprint density at radius 3 is 2.64 bits per heavy atom. The molecule has 0 bridgehead atoms. The summed E-state index contributed by atoms with van der Waals surface area (Å²) in [5.41, 5.74) is 1.32. The van der Waals surface area contributed by atoms with Crippen molar-refractivity contribution >= 4 is 34.8 Å². The predicted octanol–water partition coefficient (Wildman–Crippen LogP) is 4.19. The first-order valence-electron chi connectivity index (χ1n) is 6.46. The van der Waals surface area contributed by atoms with E-state index in [-0.39, 0.29) is 11.5 Å². The molecule has 0 spiro atoms. The highest BCUT2D eigenvalue weighted by molar-refractivity contribution is 6.34. The van der Waals surface area contributed by atoms with E-state index in [0.717, 1.165) is 0 Å². The summed E-state index contributed by atoms with van der Waals surface area (Å²) in [7, 11) is 1.61. The fraction of sp³-hybridized carbons (Fsp3) is 0.0625. The number of hydrogen-bond acceptors (Lipinski definition) is 4. The van der Waals surface area contributed by atoms with Crippen LogP contribution in [0.1, 0.15) is 15.9 Å². The molecule has 0 atom stereocenters. The number of ketones is 1. The van der Waals surface area contributed by atoms with Gasteiger partial charge in [-0.2, -0.15) is 0 Å². The number of allylic oxidation sites excluding steroid dienone is 1. The van der Waals surface area contributed by atoms with E-state index in [2.05, 4.69) is 5.32 Å². The van der Waals surface area contributed by atoms with Crippen LogP contribution in [0.4, 0.5) is 11.4 Å². The molecule has 2 aromatic rings. The first kappa shape index (κ1) is 15.7. The number of nitrogens with one attached hydrogen (secondary N) is 1. The van der Waals surface area contributed by atoms with E-state index in [1.807, 2.05) is 0 Å². The van der Waals surface area contributed by atoms with Crippen LogP contribution in [0.5, 0.6) is 0 Å². The smallest absolute Gasteiger partial charge is 0.292 e. The zero-order valence-electron chi connectivity index (χ0n) is 11.7. The second-order valence-corrected chi connectivity index (χ2v) is 4.87. The molecule has 0 unspecified atom stereocenters. The molecule has 2 aromatic carbocycles. The maximum Gasteiger partial charge on any atom is 0.292 e. The summed E-state index contributed by atoms with van der Waals surface area (Å²) >= 11 is 5.95. The molecule has 0 saturated heterocycles. The van der Waals surface area contributed by atoms with Crippen LogP contribution in [-0.2, 0) is 0 Å². The molecule has 112 valence electrons. The molecular formula is C16H13ClN2O3. The van der Waals surface area contributed by atoms with Crippen LogP contribution >= 0.6 is 11.6 Å². The van der Waals surface area contributed by atoms with Crippen molar-refractivity contribution in [1.82, 2.24) is 0 Å². The Hall–Kier alpha value is -2.66. The molecule has 5 nitrogen and oxygen atoms in total. The zero-order chi connectivity index (χ0) is 16.1. The maximum atomic E-state index is 12.1. The number of carbonyl (C=O) groups excluding carboxylic acids is 1. The van der Waals surface area contributed by atoms with Gasteiger partial charge in [-0.1, -0.05) is 35.9 Å². The average Bonchev–Trinajstić information content (AvgIpc) is 2.52. The summed E-state index contributed by atoms with van der Waals surface area (Å²) in [5, 5.41) is 14.1. The molecule has 6 heteroatoms. The summed E-state index contributed by atoms with van der Waals surface area (Å²) in [6.07, 6.45) is 2.87. The van der Waals surface area contributed by atoms with Gasteiger partial charge in [0, 0.05) is 18.7 Å². The summed E-state index contributed by atoms with van der Waals surface area (Å²) in [4.78, 5) is 22.6. The molecule has 0 aliphatic carbocycles. The van der Waals surface area contributed by atoms with Crippen LogP contribution < -0.4 is 5.32 Å². The van der Waals surface area contributed by atoms with E-state index >= 15 is 0 Å². The number of nitro groups is 1. The lowest BCUT2D eigenvalue weighted by Gasteiger charge is -2.03. The molecule has 0 amide bonds. The fourth-order valence-electron chi connectivity index (χ4n) is 1.94. The van der Waals surface area contributed by atoms with Crippen molar-refractivity contribution in [2.45, 2.75) is 0 Å². The summed E-state index contributed by atoms with van der Waals surface area (Å²) in [5.74, 6) is -0.258. The van der Waals surface area contributed by atoms with Gasteiger partial charge in [-0.05, 0) is 29.8 Å². The van der Waals surface area contributed by atoms with Crippen LogP contribution in [0.15, 0.2) is 48.5 Å². The van der Waals surface area contributed by atoms with Gasteiger partial charge in [-0.3, -0.25) is 14.9 Å². The third kappa shape index (κ3) is 3.51. The Kier molecular flexibility index (Phi) is 4.91. The minimum absolute atomic E-state index is 0.0464. The predicted molar refractivity (Wildman–Crippen MR) is 87.5 cm³/mol. The van der Waals surface area contributed by atoms with E-state index < -0.39 is 4.92 Å². The number of rotatable bonds is 5. The third-order valence-electron chi connectivity index (χ3n) is 3.05. The van der Waals surface area contributed by atoms with Crippen molar-refractivity contribution in [2.75, 3.05) is 12.4 Å². The second kappa shape index (κ2) is 6.87. The van der Waals surface area contributed by atoms with Crippen molar-refractivity contribution < 1.29 is 9.72 Å². The third-order valence-corrected chi connectivity index (χ3v) is 3.38. The lowest BCUT2D eigenvalue weighted by molar-refractivity contribution is -0.383. The standard InChI is InChI=1S/C16H13ClN2O3/c1-18-14-8-6-11(10-15(14)19(21)22)7-9-16(20)12-4-2-3-5-13(12)17/h2-10,18H,1H3. The number of halogens is 1. The minimum Gasteiger partial charge on any atom is -0.383 e. The molecule has 0 fully saturated rings. The highest BCUT2D eigenvalue weighted by atomic mass is 35.5. The first-order valence-corrected chi connectivity index (χ1v) is 6.84. The Labute approximate surface area is 132 Å². The van der Waals surface area contributed by atoms with Gasteiger partial charge < -0.3 is 5.32 Å². The van der Waals surface area contributed by atoms with Crippen molar-refractivity contribution in [3.8, 4) is 0 Å². The quantitative estimate of drug-likeness (QED) is 0.388. The normalized spacial score (nSPS) is 10.6. The topological polar surface area (TPSA) is 72.2 Å². The number of benzene rings is 2. The number of carbonyl (C=O) groups is 1. The molecule has 0 heterocycles. The van der Waals surface area contributed by atoms with Crippen LogP contribution in [0.25, 0.3) is 6.08 Å². The molecule has 0 saturated carbocycles. The first-order chi connectivity index (χ1) is 10.5. The Balaban J connectivity index is 2.27. The number of nitro benzene ring substituents is 1. The molecule has 0 aliphatic rings. The van der Waals surface area contributed by atoms with Crippen molar-refractivity contribution in [3.05, 3.63) is 74.8 Å². The fourth-order valence-corrected chi connectivity index (χ4v) is 2.17. The minimum atomic E-state index is -0.473. The summed E-state index contributed by atoms with van der Waals surface area (Å²) < 4.78 is 0. The van der Waals surface area contributed by atoms with Gasteiger partial charge in [0.15, 0.2) is 5.78 Å². The van der Waals surface area contributed by atoms with Gasteiger partial charge in [0.2, 0.25) is 0 Å². The SMILES string of the molecule is CNc1ccc(C=CC(=O)c2ccccc2Cl)cc1[N+](=O)[O-]. The molecular weight excluding hydrogens is 304 g/mol. The van der Waals surface area contributed by atoms with Crippen LogP contribution in [0.3, 0.4) is 0 Å². The molecule has 0 aromatic heterocycles. The van der Waals surface area contributed by atoms with Gasteiger partial charge in [0.1, 0.15) is 5.69 Å². The van der Waals surface area contributed by atoms with Crippen molar-refractivity contribution in [3.63, 3.8) is 0 Å². The zero-order valence-corrected chi connectivity index (χ0v) is 12.5. The van der Waals surface area contributed by atoms with E-state index in [9.17, 15) is 14.9 Å². The second-order valence-electron chi connectivity index (χ2n) is 4.46. The van der Waals surface area contributed by atoms with Crippen LogP contribution in [0, 0.1) is 10.1 Å². The molecule has 0 radical (unpaired) electrons. The summed E-state index contributed by atoms with van der Waals surface area (Å²) in [6, 6.07) is 11.4. The van der Waals surface area contributed by atoms with Gasteiger partial charge in [0.05, 0.1) is 9.95 Å². The van der Waals surface area contributed by atoms with E-state index in [1.54, 1.807) is 43.4 Å². The van der Waals surface area contributed by atoms with E-state index in [1.165, 1.54) is 18.2 Å². The largest absolute Gasteiger partial charge is 0.383 e. The maximum absolute atomic E-state index is 12.1. The number of anilines is 1. The lowest BCUT2D eigenvalue weighted by atomic mass is 10.1. The van der Waals surface area contributed by atoms with E-state index in [0.29, 0.717) is 21.8 Å². The van der Waals surface area contributed by atoms with Gasteiger partial charge in [-0.15, -0.1) is 0 Å². The monoisotopic (exact) mass is 316 g/mol. The lowest BCUT2D eigenvalue weighted by Crippen LogP contribution is -1.97. The van der Waals surface area contributed by atoms with Gasteiger partial charge in [-0.25, -0.2) is 0 Å². The van der Waals surface area contributed by atoms with E-state index in [4.69, 9.17) is 11.6 Å². The van der Waals surface area contributed by atoms with Crippen LogP contribution in [0.2, 0.25) is 5.02 Å². The summed E-state index contributed by atoms with van der Waals surface area (Å²) in [6.45, 7) is 0. The molecule has 22 heavy (non-hydrogen) atoms. The Morgan fingerprint density at radius 2 is 2.00 bits per heavy atom. The highest BCUT2D eigenvalue weighted by Crippen LogP contribution is 2.25.